The molecular weight excluding hydrogens is 190 g/mol. The second-order valence-corrected chi connectivity index (χ2v) is 3.97. The van der Waals surface area contributed by atoms with E-state index in [2.05, 4.69) is 5.32 Å². The van der Waals surface area contributed by atoms with E-state index < -0.39 is 0 Å². The van der Waals surface area contributed by atoms with Gasteiger partial charge in [0.2, 0.25) is 0 Å². The SMILES string of the molecule is CC(O)CC(C)Nc1ccc(N)c(N)c1. The van der Waals surface area contributed by atoms with Gasteiger partial charge in [-0.25, -0.2) is 0 Å². The molecule has 6 N–H and O–H groups in total. The lowest BCUT2D eigenvalue weighted by Gasteiger charge is -2.17. The average molecular weight is 209 g/mol. The summed E-state index contributed by atoms with van der Waals surface area (Å²) >= 11 is 0. The van der Waals surface area contributed by atoms with E-state index in [9.17, 15) is 5.11 Å². The van der Waals surface area contributed by atoms with Crippen molar-refractivity contribution in [1.29, 1.82) is 0 Å². The van der Waals surface area contributed by atoms with Gasteiger partial charge >= 0.3 is 0 Å². The first kappa shape index (κ1) is 11.7. The largest absolute Gasteiger partial charge is 0.397 e. The van der Waals surface area contributed by atoms with E-state index in [0.29, 0.717) is 17.8 Å². The third kappa shape index (κ3) is 3.67. The molecule has 0 aromatic heterocycles. The van der Waals surface area contributed by atoms with Gasteiger partial charge in [-0.1, -0.05) is 0 Å². The summed E-state index contributed by atoms with van der Waals surface area (Å²) < 4.78 is 0. The number of hydrogen-bond donors (Lipinski definition) is 4. The summed E-state index contributed by atoms with van der Waals surface area (Å²) in [5.41, 5.74) is 13.4. The van der Waals surface area contributed by atoms with Crippen LogP contribution in [0.25, 0.3) is 0 Å². The third-order valence-corrected chi connectivity index (χ3v) is 2.19. The highest BCUT2D eigenvalue weighted by Gasteiger charge is 2.06. The molecule has 0 bridgehead atoms. The van der Waals surface area contributed by atoms with Crippen LogP contribution in [0.2, 0.25) is 0 Å². The molecule has 0 amide bonds. The van der Waals surface area contributed by atoms with Crippen molar-refractivity contribution < 1.29 is 5.11 Å². The number of nitrogen functional groups attached to an aromatic ring is 2. The Morgan fingerprint density at radius 2 is 1.93 bits per heavy atom. The van der Waals surface area contributed by atoms with Crippen molar-refractivity contribution in [1.82, 2.24) is 0 Å². The lowest BCUT2D eigenvalue weighted by atomic mass is 10.1. The maximum Gasteiger partial charge on any atom is 0.0568 e. The highest BCUT2D eigenvalue weighted by molar-refractivity contribution is 5.69. The summed E-state index contributed by atoms with van der Waals surface area (Å²) in [6.07, 6.45) is 0.392. The van der Waals surface area contributed by atoms with E-state index >= 15 is 0 Å². The zero-order valence-corrected chi connectivity index (χ0v) is 9.20. The molecule has 0 saturated heterocycles. The van der Waals surface area contributed by atoms with Gasteiger partial charge in [0.25, 0.3) is 0 Å². The van der Waals surface area contributed by atoms with Crippen LogP contribution in [0.5, 0.6) is 0 Å². The molecule has 0 fully saturated rings. The third-order valence-electron chi connectivity index (χ3n) is 2.19. The normalized spacial score (nSPS) is 14.6. The van der Waals surface area contributed by atoms with Crippen molar-refractivity contribution in [2.24, 2.45) is 0 Å². The first-order chi connectivity index (χ1) is 6.99. The molecule has 84 valence electrons. The fourth-order valence-corrected chi connectivity index (χ4v) is 1.52. The van der Waals surface area contributed by atoms with Crippen LogP contribution >= 0.6 is 0 Å². The van der Waals surface area contributed by atoms with Gasteiger partial charge in [-0.05, 0) is 38.5 Å². The lowest BCUT2D eigenvalue weighted by Crippen LogP contribution is -2.20. The van der Waals surface area contributed by atoms with Crippen molar-refractivity contribution in [3.05, 3.63) is 18.2 Å². The van der Waals surface area contributed by atoms with Crippen LogP contribution < -0.4 is 16.8 Å². The summed E-state index contributed by atoms with van der Waals surface area (Å²) in [5.74, 6) is 0. The van der Waals surface area contributed by atoms with Gasteiger partial charge in [-0.3, -0.25) is 0 Å². The molecule has 2 atom stereocenters. The maximum atomic E-state index is 9.21. The maximum absolute atomic E-state index is 9.21. The molecule has 1 rings (SSSR count). The van der Waals surface area contributed by atoms with Crippen LogP contribution in [0.3, 0.4) is 0 Å². The monoisotopic (exact) mass is 209 g/mol. The number of aliphatic hydroxyl groups excluding tert-OH is 1. The predicted octanol–water partition coefficient (Wildman–Crippen LogP) is 1.42. The van der Waals surface area contributed by atoms with Crippen molar-refractivity contribution in [2.45, 2.75) is 32.4 Å². The van der Waals surface area contributed by atoms with E-state index in [-0.39, 0.29) is 12.1 Å². The number of nitrogens with two attached hydrogens (primary N) is 2. The fourth-order valence-electron chi connectivity index (χ4n) is 1.52. The summed E-state index contributed by atoms with van der Waals surface area (Å²) in [6, 6.07) is 5.65. The quantitative estimate of drug-likeness (QED) is 0.565. The molecule has 0 heterocycles. The van der Waals surface area contributed by atoms with Crippen LogP contribution in [0.15, 0.2) is 18.2 Å². The average Bonchev–Trinajstić information content (AvgIpc) is 2.10. The van der Waals surface area contributed by atoms with Crippen LogP contribution in [0.1, 0.15) is 20.3 Å². The zero-order chi connectivity index (χ0) is 11.4. The molecule has 0 aliphatic heterocycles. The number of rotatable bonds is 4. The van der Waals surface area contributed by atoms with Crippen molar-refractivity contribution >= 4 is 17.1 Å². The van der Waals surface area contributed by atoms with Gasteiger partial charge < -0.3 is 21.9 Å². The van der Waals surface area contributed by atoms with Crippen LogP contribution in [-0.2, 0) is 0 Å². The molecule has 0 aliphatic carbocycles. The molecule has 0 radical (unpaired) electrons. The molecule has 15 heavy (non-hydrogen) atoms. The Morgan fingerprint density at radius 3 is 2.47 bits per heavy atom. The Hall–Kier alpha value is -1.42. The first-order valence-corrected chi connectivity index (χ1v) is 5.08. The number of nitrogens with one attached hydrogen (secondary N) is 1. The van der Waals surface area contributed by atoms with E-state index in [0.717, 1.165) is 5.69 Å². The minimum atomic E-state index is -0.307. The highest BCUT2D eigenvalue weighted by Crippen LogP contribution is 2.20. The molecule has 0 aliphatic rings. The van der Waals surface area contributed by atoms with Crippen LogP contribution in [0.4, 0.5) is 17.1 Å². The molecule has 2 unspecified atom stereocenters. The molecular formula is C11H19N3O. The van der Waals surface area contributed by atoms with Gasteiger partial charge in [0.05, 0.1) is 17.5 Å². The summed E-state index contributed by atoms with van der Waals surface area (Å²) in [4.78, 5) is 0. The van der Waals surface area contributed by atoms with Gasteiger partial charge in [0.1, 0.15) is 0 Å². The first-order valence-electron chi connectivity index (χ1n) is 5.08. The highest BCUT2D eigenvalue weighted by atomic mass is 16.3. The van der Waals surface area contributed by atoms with E-state index in [1.54, 1.807) is 19.1 Å². The summed E-state index contributed by atoms with van der Waals surface area (Å²) in [7, 11) is 0. The summed E-state index contributed by atoms with van der Waals surface area (Å²) in [5, 5.41) is 12.5. The number of hydrogen-bond acceptors (Lipinski definition) is 4. The van der Waals surface area contributed by atoms with E-state index in [1.807, 2.05) is 13.0 Å². The fraction of sp³-hybridized carbons (Fsp3) is 0.455. The number of aliphatic hydroxyl groups is 1. The second-order valence-electron chi connectivity index (χ2n) is 3.97. The Morgan fingerprint density at radius 1 is 1.27 bits per heavy atom. The van der Waals surface area contributed by atoms with Gasteiger partial charge in [-0.2, -0.15) is 0 Å². The molecule has 1 aromatic carbocycles. The topological polar surface area (TPSA) is 84.3 Å². The molecule has 4 nitrogen and oxygen atoms in total. The molecule has 1 aromatic rings. The van der Waals surface area contributed by atoms with Crippen molar-refractivity contribution in [2.75, 3.05) is 16.8 Å². The Balaban J connectivity index is 2.60. The van der Waals surface area contributed by atoms with Gasteiger partial charge in [0, 0.05) is 11.7 Å². The predicted molar refractivity (Wildman–Crippen MR) is 64.6 cm³/mol. The minimum absolute atomic E-state index is 0.202. The van der Waals surface area contributed by atoms with Crippen LogP contribution in [0, 0.1) is 0 Å². The Labute approximate surface area is 90.3 Å². The molecule has 0 spiro atoms. The Kier molecular flexibility index (Phi) is 3.80. The zero-order valence-electron chi connectivity index (χ0n) is 9.20. The smallest absolute Gasteiger partial charge is 0.0568 e. The summed E-state index contributed by atoms with van der Waals surface area (Å²) in [6.45, 7) is 3.79. The van der Waals surface area contributed by atoms with Gasteiger partial charge in [-0.15, -0.1) is 0 Å². The number of anilines is 3. The second kappa shape index (κ2) is 4.89. The standard InChI is InChI=1S/C11H19N3O/c1-7(5-8(2)15)14-9-3-4-10(12)11(13)6-9/h3-4,6-8,14-15H,5,12-13H2,1-2H3. The van der Waals surface area contributed by atoms with E-state index in [4.69, 9.17) is 11.5 Å². The Bertz CT molecular complexity index is 326. The van der Waals surface area contributed by atoms with Crippen molar-refractivity contribution in [3.63, 3.8) is 0 Å². The van der Waals surface area contributed by atoms with E-state index in [1.165, 1.54) is 0 Å². The number of benzene rings is 1. The molecule has 4 heteroatoms. The van der Waals surface area contributed by atoms with Crippen LogP contribution in [-0.4, -0.2) is 17.3 Å². The minimum Gasteiger partial charge on any atom is -0.397 e. The van der Waals surface area contributed by atoms with Gasteiger partial charge in [0.15, 0.2) is 0 Å². The molecule has 0 saturated carbocycles. The lowest BCUT2D eigenvalue weighted by molar-refractivity contribution is 0.179. The van der Waals surface area contributed by atoms with Crippen molar-refractivity contribution in [3.8, 4) is 0 Å².